The van der Waals surface area contributed by atoms with Gasteiger partial charge in [-0.1, -0.05) is 6.07 Å². The van der Waals surface area contributed by atoms with E-state index in [-0.39, 0.29) is 18.7 Å². The second-order valence-corrected chi connectivity index (χ2v) is 5.09. The highest BCUT2D eigenvalue weighted by molar-refractivity contribution is 5.20. The van der Waals surface area contributed by atoms with Gasteiger partial charge in [-0.3, -0.25) is 4.90 Å². The van der Waals surface area contributed by atoms with Crippen LogP contribution >= 0.6 is 0 Å². The van der Waals surface area contributed by atoms with Crippen LogP contribution in [0.5, 0.6) is 0 Å². The number of aliphatic hydroxyl groups is 2. The van der Waals surface area contributed by atoms with Gasteiger partial charge >= 0.3 is 0 Å². The minimum Gasteiger partial charge on any atom is -0.394 e. The molecule has 1 aliphatic rings. The highest BCUT2D eigenvalue weighted by Gasteiger charge is 2.41. The third kappa shape index (κ3) is 2.39. The van der Waals surface area contributed by atoms with Gasteiger partial charge in [-0.25, -0.2) is 8.78 Å². The van der Waals surface area contributed by atoms with E-state index in [4.69, 9.17) is 0 Å². The third-order valence-electron chi connectivity index (χ3n) is 3.62. The molecule has 0 saturated carbocycles. The van der Waals surface area contributed by atoms with Crippen LogP contribution in [0.2, 0.25) is 0 Å². The standard InChI is InChI=1S/C13H17F2NO2/c1-13(8-17)5-9(18)6-16(13)7-10-11(14)3-2-4-12(10)15/h2-4,9,17-18H,5-8H2,1H3/t9-,13-/m0/s1. The van der Waals surface area contributed by atoms with Crippen molar-refractivity contribution in [2.45, 2.75) is 31.5 Å². The summed E-state index contributed by atoms with van der Waals surface area (Å²) in [6, 6.07) is 3.74. The topological polar surface area (TPSA) is 43.7 Å². The van der Waals surface area contributed by atoms with Crippen LogP contribution in [0.15, 0.2) is 18.2 Å². The number of nitrogens with zero attached hydrogens (tertiary/aromatic N) is 1. The van der Waals surface area contributed by atoms with E-state index in [9.17, 15) is 19.0 Å². The number of aliphatic hydroxyl groups excluding tert-OH is 2. The molecular formula is C13H17F2NO2. The van der Waals surface area contributed by atoms with Crippen LogP contribution in [0.3, 0.4) is 0 Å². The fourth-order valence-electron chi connectivity index (χ4n) is 2.47. The number of β-amino-alcohol motifs (C(OH)–C–C–N with tert-alkyl or cyclic N) is 1. The molecule has 0 radical (unpaired) electrons. The van der Waals surface area contributed by atoms with E-state index >= 15 is 0 Å². The lowest BCUT2D eigenvalue weighted by molar-refractivity contribution is 0.0716. The second-order valence-electron chi connectivity index (χ2n) is 5.09. The lowest BCUT2D eigenvalue weighted by Crippen LogP contribution is -2.43. The summed E-state index contributed by atoms with van der Waals surface area (Å²) in [6.45, 7) is 1.99. The summed E-state index contributed by atoms with van der Waals surface area (Å²) < 4.78 is 27.1. The Morgan fingerprint density at radius 1 is 1.39 bits per heavy atom. The van der Waals surface area contributed by atoms with Crippen molar-refractivity contribution in [1.29, 1.82) is 0 Å². The van der Waals surface area contributed by atoms with Gasteiger partial charge in [0.25, 0.3) is 0 Å². The molecule has 1 heterocycles. The Balaban J connectivity index is 2.23. The zero-order valence-electron chi connectivity index (χ0n) is 10.2. The molecule has 3 nitrogen and oxygen atoms in total. The predicted molar refractivity (Wildman–Crippen MR) is 62.9 cm³/mol. The number of benzene rings is 1. The van der Waals surface area contributed by atoms with Crippen molar-refractivity contribution < 1.29 is 19.0 Å². The number of halogens is 2. The molecule has 100 valence electrons. The summed E-state index contributed by atoms with van der Waals surface area (Å²) >= 11 is 0. The van der Waals surface area contributed by atoms with Crippen LogP contribution in [-0.2, 0) is 6.54 Å². The van der Waals surface area contributed by atoms with E-state index in [1.807, 2.05) is 0 Å². The van der Waals surface area contributed by atoms with Crippen molar-refractivity contribution in [3.05, 3.63) is 35.4 Å². The average Bonchev–Trinajstić information content (AvgIpc) is 2.60. The van der Waals surface area contributed by atoms with Gasteiger partial charge in [0.15, 0.2) is 0 Å². The van der Waals surface area contributed by atoms with Crippen LogP contribution in [0.25, 0.3) is 0 Å². The Hall–Kier alpha value is -1.04. The van der Waals surface area contributed by atoms with E-state index in [2.05, 4.69) is 0 Å². The van der Waals surface area contributed by atoms with E-state index in [0.29, 0.717) is 13.0 Å². The molecule has 0 aromatic heterocycles. The van der Waals surface area contributed by atoms with Gasteiger partial charge in [0, 0.05) is 24.2 Å². The van der Waals surface area contributed by atoms with Crippen LogP contribution < -0.4 is 0 Å². The number of rotatable bonds is 3. The molecule has 1 aromatic rings. The second kappa shape index (κ2) is 4.91. The van der Waals surface area contributed by atoms with Gasteiger partial charge in [-0.15, -0.1) is 0 Å². The summed E-state index contributed by atoms with van der Waals surface area (Å²) in [5.41, 5.74) is -0.653. The fraction of sp³-hybridized carbons (Fsp3) is 0.538. The molecular weight excluding hydrogens is 240 g/mol. The van der Waals surface area contributed by atoms with E-state index in [0.717, 1.165) is 0 Å². The summed E-state index contributed by atoms with van der Waals surface area (Å²) in [4.78, 5) is 1.72. The van der Waals surface area contributed by atoms with Gasteiger partial charge in [0.2, 0.25) is 0 Å². The minimum absolute atomic E-state index is 0.0220. The smallest absolute Gasteiger partial charge is 0.130 e. The van der Waals surface area contributed by atoms with Crippen LogP contribution in [0, 0.1) is 11.6 Å². The molecule has 1 saturated heterocycles. The molecule has 1 fully saturated rings. The zero-order valence-corrected chi connectivity index (χ0v) is 10.2. The molecule has 2 N–H and O–H groups in total. The first-order valence-corrected chi connectivity index (χ1v) is 5.93. The molecule has 1 aromatic carbocycles. The average molecular weight is 257 g/mol. The quantitative estimate of drug-likeness (QED) is 0.857. The maximum Gasteiger partial charge on any atom is 0.130 e. The lowest BCUT2D eigenvalue weighted by Gasteiger charge is -2.33. The molecule has 0 aliphatic carbocycles. The fourth-order valence-corrected chi connectivity index (χ4v) is 2.47. The van der Waals surface area contributed by atoms with Crippen molar-refractivity contribution in [2.24, 2.45) is 0 Å². The minimum atomic E-state index is -0.631. The largest absolute Gasteiger partial charge is 0.394 e. The monoisotopic (exact) mass is 257 g/mol. The zero-order chi connectivity index (χ0) is 13.3. The van der Waals surface area contributed by atoms with Crippen molar-refractivity contribution in [3.63, 3.8) is 0 Å². The van der Waals surface area contributed by atoms with E-state index in [1.165, 1.54) is 18.2 Å². The summed E-state index contributed by atoms with van der Waals surface area (Å²) in [7, 11) is 0. The Morgan fingerprint density at radius 2 is 2.00 bits per heavy atom. The van der Waals surface area contributed by atoms with E-state index in [1.54, 1.807) is 11.8 Å². The maximum absolute atomic E-state index is 13.6. The van der Waals surface area contributed by atoms with Crippen molar-refractivity contribution >= 4 is 0 Å². The molecule has 0 spiro atoms. The highest BCUT2D eigenvalue weighted by Crippen LogP contribution is 2.31. The number of likely N-dealkylation sites (tertiary alicyclic amines) is 1. The van der Waals surface area contributed by atoms with Gasteiger partial charge in [0.1, 0.15) is 11.6 Å². The Morgan fingerprint density at radius 3 is 2.56 bits per heavy atom. The molecule has 0 unspecified atom stereocenters. The third-order valence-corrected chi connectivity index (χ3v) is 3.62. The van der Waals surface area contributed by atoms with Gasteiger partial charge in [-0.05, 0) is 25.5 Å². The van der Waals surface area contributed by atoms with Crippen molar-refractivity contribution in [2.75, 3.05) is 13.2 Å². The first kappa shape index (κ1) is 13.4. The SMILES string of the molecule is C[C@@]1(CO)C[C@H](O)CN1Cc1c(F)cccc1F. The maximum atomic E-state index is 13.6. The first-order chi connectivity index (χ1) is 8.46. The number of hydrogen-bond acceptors (Lipinski definition) is 3. The first-order valence-electron chi connectivity index (χ1n) is 5.93. The molecule has 18 heavy (non-hydrogen) atoms. The van der Waals surface area contributed by atoms with Crippen LogP contribution in [0.1, 0.15) is 18.9 Å². The van der Waals surface area contributed by atoms with Gasteiger partial charge < -0.3 is 10.2 Å². The molecule has 1 aliphatic heterocycles. The normalized spacial score (nSPS) is 28.8. The summed E-state index contributed by atoms with van der Waals surface area (Å²) in [5, 5.41) is 19.0. The van der Waals surface area contributed by atoms with Gasteiger partial charge in [0.05, 0.1) is 12.7 Å². The molecule has 0 amide bonds. The Labute approximate surface area is 105 Å². The van der Waals surface area contributed by atoms with Crippen molar-refractivity contribution in [1.82, 2.24) is 4.90 Å². The molecule has 2 atom stereocenters. The molecule has 5 heteroatoms. The Bertz CT molecular complexity index is 421. The van der Waals surface area contributed by atoms with E-state index < -0.39 is 23.3 Å². The lowest BCUT2D eigenvalue weighted by atomic mass is 9.99. The number of hydrogen-bond donors (Lipinski definition) is 2. The van der Waals surface area contributed by atoms with Crippen LogP contribution in [-0.4, -0.2) is 39.9 Å². The predicted octanol–water partition coefficient (Wildman–Crippen LogP) is 1.28. The van der Waals surface area contributed by atoms with Crippen LogP contribution in [0.4, 0.5) is 8.78 Å². The summed E-state index contributed by atoms with van der Waals surface area (Å²) in [5.74, 6) is -1.20. The van der Waals surface area contributed by atoms with Crippen molar-refractivity contribution in [3.8, 4) is 0 Å². The summed E-state index contributed by atoms with van der Waals surface area (Å²) in [6.07, 6.45) is -0.170. The molecule has 0 bridgehead atoms. The molecule has 2 rings (SSSR count). The highest BCUT2D eigenvalue weighted by atomic mass is 19.1. The van der Waals surface area contributed by atoms with Gasteiger partial charge in [-0.2, -0.15) is 0 Å². The Kier molecular flexibility index (Phi) is 3.66.